The molecule has 21 heavy (non-hydrogen) atoms. The van der Waals surface area contributed by atoms with Crippen molar-refractivity contribution in [1.29, 1.82) is 5.26 Å². The van der Waals surface area contributed by atoms with Crippen LogP contribution in [-0.2, 0) is 4.79 Å². The van der Waals surface area contributed by atoms with Crippen molar-refractivity contribution < 1.29 is 4.79 Å². The van der Waals surface area contributed by atoms with E-state index >= 15 is 0 Å². The summed E-state index contributed by atoms with van der Waals surface area (Å²) in [5, 5.41) is 12.4. The van der Waals surface area contributed by atoms with Gasteiger partial charge in [0.2, 0.25) is 5.91 Å². The zero-order valence-corrected chi connectivity index (χ0v) is 12.8. The number of halogens is 1. The molecule has 1 heterocycles. The Morgan fingerprint density at radius 1 is 1.43 bits per heavy atom. The number of aromatic nitrogens is 1. The summed E-state index contributed by atoms with van der Waals surface area (Å²) in [5.74, 6) is -0.147. The number of nitrogens with one attached hydrogen (secondary N) is 1. The molecule has 0 saturated carbocycles. The number of hydrogen-bond acceptors (Lipinski definition) is 4. The molecule has 0 aliphatic heterocycles. The van der Waals surface area contributed by atoms with Crippen molar-refractivity contribution in [1.82, 2.24) is 4.98 Å². The first kappa shape index (κ1) is 15.4. The van der Waals surface area contributed by atoms with Crippen molar-refractivity contribution in [2.24, 2.45) is 0 Å². The van der Waals surface area contributed by atoms with Gasteiger partial charge in [0, 0.05) is 11.9 Å². The van der Waals surface area contributed by atoms with Gasteiger partial charge in [-0.25, -0.2) is 4.98 Å². The van der Waals surface area contributed by atoms with Crippen LogP contribution in [0.25, 0.3) is 0 Å². The highest BCUT2D eigenvalue weighted by Crippen LogP contribution is 2.24. The number of hydrogen-bond donors (Lipinski definition) is 1. The van der Waals surface area contributed by atoms with Crippen LogP contribution in [0.3, 0.4) is 0 Å². The minimum absolute atomic E-state index is 0.147. The third kappa shape index (κ3) is 4.22. The Hall–Kier alpha value is -2.03. The first-order valence-electron chi connectivity index (χ1n) is 6.18. The average Bonchev–Trinajstić information content (AvgIpc) is 2.48. The van der Waals surface area contributed by atoms with Crippen LogP contribution in [0, 0.1) is 11.3 Å². The Morgan fingerprint density at radius 2 is 2.24 bits per heavy atom. The van der Waals surface area contributed by atoms with E-state index in [0.717, 1.165) is 5.03 Å². The van der Waals surface area contributed by atoms with Crippen LogP contribution in [0.2, 0.25) is 5.02 Å². The van der Waals surface area contributed by atoms with Crippen molar-refractivity contribution in [2.75, 3.05) is 5.32 Å². The molecule has 2 aromatic rings. The number of anilines is 1. The van der Waals surface area contributed by atoms with Gasteiger partial charge in [0.25, 0.3) is 0 Å². The SMILES string of the molecule is C[C@H](Sc1ccccn1)C(=O)Nc1ccc(C#N)c(Cl)c1. The molecule has 1 aromatic carbocycles. The Bertz CT molecular complexity index is 685. The first-order chi connectivity index (χ1) is 10.1. The third-order valence-corrected chi connectivity index (χ3v) is 4.02. The Kier molecular flexibility index (Phi) is 5.20. The molecule has 0 bridgehead atoms. The van der Waals surface area contributed by atoms with E-state index < -0.39 is 0 Å². The maximum atomic E-state index is 12.1. The number of carbonyl (C=O) groups excluding carboxylic acids is 1. The summed E-state index contributed by atoms with van der Waals surface area (Å²) >= 11 is 7.31. The van der Waals surface area contributed by atoms with E-state index in [2.05, 4.69) is 10.3 Å². The molecule has 2 rings (SSSR count). The highest BCUT2D eigenvalue weighted by atomic mass is 35.5. The summed E-state index contributed by atoms with van der Waals surface area (Å²) in [5.41, 5.74) is 0.947. The molecule has 0 unspecified atom stereocenters. The van der Waals surface area contributed by atoms with Crippen LogP contribution in [0.4, 0.5) is 5.69 Å². The predicted octanol–water partition coefficient (Wildman–Crippen LogP) is 3.73. The largest absolute Gasteiger partial charge is 0.325 e. The third-order valence-electron chi connectivity index (χ3n) is 2.66. The minimum atomic E-state index is -0.297. The lowest BCUT2D eigenvalue weighted by Gasteiger charge is -2.11. The summed E-state index contributed by atoms with van der Waals surface area (Å²) in [6.07, 6.45) is 1.69. The van der Waals surface area contributed by atoms with Gasteiger partial charge >= 0.3 is 0 Å². The molecule has 0 aliphatic carbocycles. The van der Waals surface area contributed by atoms with Gasteiger partial charge in [-0.05, 0) is 37.3 Å². The summed E-state index contributed by atoms with van der Waals surface area (Å²) in [6, 6.07) is 12.3. The Labute approximate surface area is 132 Å². The predicted molar refractivity (Wildman–Crippen MR) is 84.4 cm³/mol. The maximum absolute atomic E-state index is 12.1. The number of amides is 1. The van der Waals surface area contributed by atoms with Crippen molar-refractivity contribution >= 4 is 35.0 Å². The molecule has 0 aliphatic rings. The molecule has 1 aromatic heterocycles. The van der Waals surface area contributed by atoms with Crippen LogP contribution in [0.15, 0.2) is 47.6 Å². The van der Waals surface area contributed by atoms with Crippen molar-refractivity contribution in [2.45, 2.75) is 17.2 Å². The van der Waals surface area contributed by atoms with Gasteiger partial charge in [-0.1, -0.05) is 29.4 Å². The number of nitriles is 1. The number of pyridine rings is 1. The molecule has 0 fully saturated rings. The Morgan fingerprint density at radius 3 is 2.86 bits per heavy atom. The van der Waals surface area contributed by atoms with Gasteiger partial charge in [-0.15, -0.1) is 0 Å². The summed E-state index contributed by atoms with van der Waals surface area (Å²) in [7, 11) is 0. The highest BCUT2D eigenvalue weighted by molar-refractivity contribution is 8.00. The number of rotatable bonds is 4. The van der Waals surface area contributed by atoms with E-state index in [1.807, 2.05) is 24.3 Å². The average molecular weight is 318 g/mol. The van der Waals surface area contributed by atoms with Crippen LogP contribution in [0.1, 0.15) is 12.5 Å². The van der Waals surface area contributed by atoms with E-state index in [9.17, 15) is 4.79 Å². The molecule has 1 N–H and O–H groups in total. The second-order valence-electron chi connectivity index (χ2n) is 4.22. The number of nitrogens with zero attached hydrogens (tertiary/aromatic N) is 2. The molecular weight excluding hydrogens is 306 g/mol. The molecule has 0 saturated heterocycles. The molecule has 1 atom stereocenters. The summed E-state index contributed by atoms with van der Waals surface area (Å²) in [4.78, 5) is 16.3. The first-order valence-corrected chi connectivity index (χ1v) is 7.44. The van der Waals surface area contributed by atoms with Crippen molar-refractivity contribution in [3.8, 4) is 6.07 Å². The van der Waals surface area contributed by atoms with Gasteiger partial charge in [-0.2, -0.15) is 5.26 Å². The lowest BCUT2D eigenvalue weighted by atomic mass is 10.2. The zero-order valence-electron chi connectivity index (χ0n) is 11.2. The fraction of sp³-hybridized carbons (Fsp3) is 0.133. The van der Waals surface area contributed by atoms with Gasteiger partial charge < -0.3 is 5.32 Å². The van der Waals surface area contributed by atoms with Crippen molar-refractivity contribution in [3.63, 3.8) is 0 Å². The summed E-state index contributed by atoms with van der Waals surface area (Å²) in [6.45, 7) is 1.81. The van der Waals surface area contributed by atoms with Crippen LogP contribution >= 0.6 is 23.4 Å². The number of thioether (sulfide) groups is 1. The second-order valence-corrected chi connectivity index (χ2v) is 5.99. The standard InChI is InChI=1S/C15H12ClN3OS/c1-10(21-14-4-2-3-7-18-14)15(20)19-12-6-5-11(9-17)13(16)8-12/h2-8,10H,1H3,(H,19,20)/t10-/m0/s1. The fourth-order valence-corrected chi connectivity index (χ4v) is 2.61. The van der Waals surface area contributed by atoms with Crippen LogP contribution in [-0.4, -0.2) is 16.1 Å². The van der Waals surface area contributed by atoms with E-state index in [0.29, 0.717) is 16.3 Å². The molecule has 0 radical (unpaired) electrons. The summed E-state index contributed by atoms with van der Waals surface area (Å²) < 4.78 is 0. The number of benzene rings is 1. The molecule has 0 spiro atoms. The van der Waals surface area contributed by atoms with Gasteiger partial charge in [-0.3, -0.25) is 4.79 Å². The Balaban J connectivity index is 2.01. The van der Waals surface area contributed by atoms with E-state index in [-0.39, 0.29) is 11.2 Å². The fourth-order valence-electron chi connectivity index (χ4n) is 1.58. The van der Waals surface area contributed by atoms with E-state index in [1.54, 1.807) is 31.3 Å². The minimum Gasteiger partial charge on any atom is -0.325 e. The molecule has 4 nitrogen and oxygen atoms in total. The lowest BCUT2D eigenvalue weighted by Crippen LogP contribution is -2.22. The highest BCUT2D eigenvalue weighted by Gasteiger charge is 2.15. The quantitative estimate of drug-likeness (QED) is 0.873. The second kappa shape index (κ2) is 7.11. The van der Waals surface area contributed by atoms with E-state index in [1.165, 1.54) is 11.8 Å². The topological polar surface area (TPSA) is 65.8 Å². The van der Waals surface area contributed by atoms with Gasteiger partial charge in [0.05, 0.1) is 20.9 Å². The molecule has 1 amide bonds. The van der Waals surface area contributed by atoms with E-state index in [4.69, 9.17) is 16.9 Å². The molecule has 106 valence electrons. The molecule has 6 heteroatoms. The normalized spacial score (nSPS) is 11.5. The number of carbonyl (C=O) groups is 1. The van der Waals surface area contributed by atoms with Gasteiger partial charge in [0.1, 0.15) is 6.07 Å². The van der Waals surface area contributed by atoms with Crippen LogP contribution < -0.4 is 5.32 Å². The lowest BCUT2D eigenvalue weighted by molar-refractivity contribution is -0.115. The van der Waals surface area contributed by atoms with Gasteiger partial charge in [0.15, 0.2) is 0 Å². The van der Waals surface area contributed by atoms with Crippen LogP contribution in [0.5, 0.6) is 0 Å². The van der Waals surface area contributed by atoms with Crippen molar-refractivity contribution in [3.05, 3.63) is 53.2 Å². The molecular formula is C15H12ClN3OS. The monoisotopic (exact) mass is 317 g/mol. The zero-order chi connectivity index (χ0) is 15.2. The maximum Gasteiger partial charge on any atom is 0.237 e. The smallest absolute Gasteiger partial charge is 0.237 e.